The highest BCUT2D eigenvalue weighted by molar-refractivity contribution is 4.72. The first-order chi connectivity index (χ1) is 7.45. The molecule has 1 atom stereocenters. The van der Waals surface area contributed by atoms with Crippen molar-refractivity contribution in [3.05, 3.63) is 0 Å². The molecule has 0 spiro atoms. The third-order valence-corrected chi connectivity index (χ3v) is 3.64. The van der Waals surface area contributed by atoms with Crippen LogP contribution in [0.5, 0.6) is 0 Å². The monoisotopic (exact) mass is 211 g/mol. The van der Waals surface area contributed by atoms with Crippen LogP contribution in [0.1, 0.15) is 25.7 Å². The summed E-state index contributed by atoms with van der Waals surface area (Å²) in [4.78, 5) is 2.58. The van der Waals surface area contributed by atoms with Crippen molar-refractivity contribution in [2.75, 3.05) is 45.8 Å². The Morgan fingerprint density at radius 2 is 2.07 bits per heavy atom. The molecule has 3 nitrogen and oxygen atoms in total. The first-order valence-corrected chi connectivity index (χ1v) is 6.59. The van der Waals surface area contributed by atoms with E-state index in [1.54, 1.807) is 0 Å². The van der Waals surface area contributed by atoms with Gasteiger partial charge in [0.15, 0.2) is 0 Å². The predicted molar refractivity (Wildman–Crippen MR) is 64.1 cm³/mol. The molecular formula is C12H25N3. The van der Waals surface area contributed by atoms with Crippen LogP contribution >= 0.6 is 0 Å². The lowest BCUT2D eigenvalue weighted by molar-refractivity contribution is 0.317. The van der Waals surface area contributed by atoms with Crippen molar-refractivity contribution in [2.45, 2.75) is 25.7 Å². The van der Waals surface area contributed by atoms with E-state index in [1.807, 2.05) is 0 Å². The van der Waals surface area contributed by atoms with Crippen LogP contribution in [0.2, 0.25) is 0 Å². The van der Waals surface area contributed by atoms with Gasteiger partial charge in [-0.1, -0.05) is 0 Å². The number of nitrogens with one attached hydrogen (secondary N) is 2. The highest BCUT2D eigenvalue weighted by Crippen LogP contribution is 2.08. The second-order valence-corrected chi connectivity index (χ2v) is 4.97. The quantitative estimate of drug-likeness (QED) is 0.655. The Balaban J connectivity index is 1.47. The lowest BCUT2D eigenvalue weighted by atomic mass is 10.00. The molecule has 0 saturated carbocycles. The van der Waals surface area contributed by atoms with E-state index in [4.69, 9.17) is 0 Å². The third-order valence-electron chi connectivity index (χ3n) is 3.64. The van der Waals surface area contributed by atoms with Crippen molar-refractivity contribution in [1.29, 1.82) is 0 Å². The number of hydrogen-bond donors (Lipinski definition) is 2. The van der Waals surface area contributed by atoms with Gasteiger partial charge in [0.1, 0.15) is 0 Å². The first-order valence-electron chi connectivity index (χ1n) is 6.59. The summed E-state index contributed by atoms with van der Waals surface area (Å²) in [5.41, 5.74) is 0. The Bertz CT molecular complexity index is 160. The fourth-order valence-corrected chi connectivity index (χ4v) is 2.65. The molecule has 88 valence electrons. The maximum absolute atomic E-state index is 3.60. The molecule has 2 fully saturated rings. The summed E-state index contributed by atoms with van der Waals surface area (Å²) in [5.74, 6) is 0.873. The van der Waals surface area contributed by atoms with Gasteiger partial charge in [0.25, 0.3) is 0 Å². The van der Waals surface area contributed by atoms with Crippen LogP contribution in [0.4, 0.5) is 0 Å². The number of hydrogen-bond acceptors (Lipinski definition) is 3. The summed E-state index contributed by atoms with van der Waals surface area (Å²) in [5, 5.41) is 7.07. The lowest BCUT2D eigenvalue weighted by Gasteiger charge is -2.23. The van der Waals surface area contributed by atoms with Crippen LogP contribution in [0.15, 0.2) is 0 Å². The van der Waals surface area contributed by atoms with Crippen molar-refractivity contribution in [3.8, 4) is 0 Å². The molecular weight excluding hydrogens is 186 g/mol. The fraction of sp³-hybridized carbons (Fsp3) is 1.00. The Kier molecular flexibility index (Phi) is 4.90. The van der Waals surface area contributed by atoms with Gasteiger partial charge in [-0.25, -0.2) is 0 Å². The topological polar surface area (TPSA) is 27.3 Å². The molecule has 15 heavy (non-hydrogen) atoms. The maximum atomic E-state index is 3.60. The van der Waals surface area contributed by atoms with Gasteiger partial charge in [0.2, 0.25) is 0 Å². The molecule has 2 aliphatic rings. The minimum atomic E-state index is 0.873. The molecule has 2 saturated heterocycles. The van der Waals surface area contributed by atoms with Crippen LogP contribution in [0.3, 0.4) is 0 Å². The van der Waals surface area contributed by atoms with Crippen LogP contribution < -0.4 is 10.6 Å². The minimum Gasteiger partial charge on any atom is -0.316 e. The largest absolute Gasteiger partial charge is 0.316 e. The van der Waals surface area contributed by atoms with Crippen molar-refractivity contribution < 1.29 is 0 Å². The van der Waals surface area contributed by atoms with Crippen molar-refractivity contribution in [3.63, 3.8) is 0 Å². The van der Waals surface area contributed by atoms with Gasteiger partial charge < -0.3 is 15.5 Å². The van der Waals surface area contributed by atoms with Gasteiger partial charge in [0.05, 0.1) is 0 Å². The number of rotatable bonds is 5. The average Bonchev–Trinajstić information content (AvgIpc) is 2.79. The molecule has 0 aromatic carbocycles. The van der Waals surface area contributed by atoms with Crippen molar-refractivity contribution in [2.24, 2.45) is 5.92 Å². The standard InChI is InChI=1S/C12H25N3/c1-2-8-15(7-1)9-6-14-11-12-4-3-5-13-10-12/h12-14H,1-11H2. The van der Waals surface area contributed by atoms with Gasteiger partial charge in [0, 0.05) is 13.1 Å². The van der Waals surface area contributed by atoms with Gasteiger partial charge in [-0.15, -0.1) is 0 Å². The SMILES string of the molecule is C1CNCC(CNCCN2CCCC2)C1. The molecule has 0 aromatic heterocycles. The molecule has 0 bridgehead atoms. The van der Waals surface area contributed by atoms with E-state index in [1.165, 1.54) is 71.5 Å². The maximum Gasteiger partial charge on any atom is 0.0107 e. The summed E-state index contributed by atoms with van der Waals surface area (Å²) in [7, 11) is 0. The molecule has 0 aliphatic carbocycles. The highest BCUT2D eigenvalue weighted by Gasteiger charge is 2.13. The average molecular weight is 211 g/mol. The molecule has 1 unspecified atom stereocenters. The van der Waals surface area contributed by atoms with Crippen molar-refractivity contribution in [1.82, 2.24) is 15.5 Å². The Labute approximate surface area is 93.6 Å². The van der Waals surface area contributed by atoms with Crippen LogP contribution in [0.25, 0.3) is 0 Å². The van der Waals surface area contributed by atoms with Crippen molar-refractivity contribution >= 4 is 0 Å². The zero-order valence-corrected chi connectivity index (χ0v) is 9.80. The van der Waals surface area contributed by atoms with Crippen LogP contribution in [-0.2, 0) is 0 Å². The van der Waals surface area contributed by atoms with E-state index >= 15 is 0 Å². The Hall–Kier alpha value is -0.120. The number of piperidine rings is 1. The zero-order chi connectivity index (χ0) is 10.3. The summed E-state index contributed by atoms with van der Waals surface area (Å²) >= 11 is 0. The van der Waals surface area contributed by atoms with E-state index in [-0.39, 0.29) is 0 Å². The number of likely N-dealkylation sites (tertiary alicyclic amines) is 1. The van der Waals surface area contributed by atoms with Gasteiger partial charge >= 0.3 is 0 Å². The summed E-state index contributed by atoms with van der Waals surface area (Å²) in [6, 6.07) is 0. The fourth-order valence-electron chi connectivity index (χ4n) is 2.65. The van der Waals surface area contributed by atoms with E-state index in [2.05, 4.69) is 15.5 Å². The van der Waals surface area contributed by atoms with Crippen LogP contribution in [0, 0.1) is 5.92 Å². The normalized spacial score (nSPS) is 28.4. The second-order valence-electron chi connectivity index (χ2n) is 4.97. The third kappa shape index (κ3) is 4.09. The molecule has 3 heteroatoms. The first kappa shape index (κ1) is 11.4. The van der Waals surface area contributed by atoms with E-state index in [0.717, 1.165) is 5.92 Å². The smallest absolute Gasteiger partial charge is 0.0107 e. The van der Waals surface area contributed by atoms with Gasteiger partial charge in [-0.05, 0) is 64.3 Å². The second kappa shape index (κ2) is 6.46. The number of nitrogens with zero attached hydrogens (tertiary/aromatic N) is 1. The molecule has 2 heterocycles. The minimum absolute atomic E-state index is 0.873. The molecule has 2 aliphatic heterocycles. The Morgan fingerprint density at radius 1 is 1.20 bits per heavy atom. The highest BCUT2D eigenvalue weighted by atomic mass is 15.1. The molecule has 2 rings (SSSR count). The summed E-state index contributed by atoms with van der Waals surface area (Å²) < 4.78 is 0. The van der Waals surface area contributed by atoms with E-state index in [9.17, 15) is 0 Å². The Morgan fingerprint density at radius 3 is 2.80 bits per heavy atom. The van der Waals surface area contributed by atoms with Gasteiger partial charge in [-0.2, -0.15) is 0 Å². The molecule has 0 radical (unpaired) electrons. The summed E-state index contributed by atoms with van der Waals surface area (Å²) in [6.45, 7) is 8.73. The molecule has 2 N–H and O–H groups in total. The summed E-state index contributed by atoms with van der Waals surface area (Å²) in [6.07, 6.45) is 5.58. The van der Waals surface area contributed by atoms with E-state index in [0.29, 0.717) is 0 Å². The van der Waals surface area contributed by atoms with E-state index < -0.39 is 0 Å². The predicted octanol–water partition coefficient (Wildman–Crippen LogP) is 0.671. The zero-order valence-electron chi connectivity index (χ0n) is 9.80. The molecule has 0 amide bonds. The lowest BCUT2D eigenvalue weighted by Crippen LogP contribution is -2.38. The van der Waals surface area contributed by atoms with Crippen LogP contribution in [-0.4, -0.2) is 50.7 Å². The molecule has 0 aromatic rings. The van der Waals surface area contributed by atoms with Gasteiger partial charge in [-0.3, -0.25) is 0 Å².